The molecule has 0 aliphatic carbocycles. The highest BCUT2D eigenvalue weighted by molar-refractivity contribution is 7.89. The van der Waals surface area contributed by atoms with Gasteiger partial charge in [-0.15, -0.1) is 24.8 Å². The standard InChI is InChI=1S/C27H42FN5O6S.2ClH/c28-22-5-7-23(8-6-22)40(38,39)33-24(27(36)37)17-31-25(34)18-32-26(35)21(3-1-19-9-13-29-14-10-19)4-2-20-11-15-30-16-12-20;;/h5-8,19-21,24,29-30,33H,1-4,9-18H2,(H,31,34)(H,32,35)(H,36,37);2*1H. The third-order valence-electron chi connectivity index (χ3n) is 7.78. The lowest BCUT2D eigenvalue weighted by atomic mass is 9.84. The maximum atomic E-state index is 13.1. The van der Waals surface area contributed by atoms with E-state index in [1.54, 1.807) is 0 Å². The van der Waals surface area contributed by atoms with E-state index in [2.05, 4.69) is 21.3 Å². The van der Waals surface area contributed by atoms with Gasteiger partial charge in [-0.1, -0.05) is 0 Å². The maximum Gasteiger partial charge on any atom is 0.323 e. The normalized spacial score (nSPS) is 17.0. The van der Waals surface area contributed by atoms with E-state index in [4.69, 9.17) is 0 Å². The second kappa shape index (κ2) is 19.3. The quantitative estimate of drug-likeness (QED) is 0.166. The number of hydrogen-bond donors (Lipinski definition) is 6. The summed E-state index contributed by atoms with van der Waals surface area (Å²) in [6, 6.07) is 2.26. The Morgan fingerprint density at radius 3 is 1.86 bits per heavy atom. The summed E-state index contributed by atoms with van der Waals surface area (Å²) >= 11 is 0. The fraction of sp³-hybridized carbons (Fsp3) is 0.667. The van der Waals surface area contributed by atoms with Gasteiger partial charge in [-0.2, -0.15) is 4.72 Å². The van der Waals surface area contributed by atoms with E-state index in [1.807, 2.05) is 4.72 Å². The van der Waals surface area contributed by atoms with Crippen LogP contribution in [-0.2, 0) is 24.4 Å². The number of halogens is 3. The third-order valence-corrected chi connectivity index (χ3v) is 9.27. The molecule has 15 heteroatoms. The van der Waals surface area contributed by atoms with Crippen LogP contribution < -0.4 is 26.0 Å². The summed E-state index contributed by atoms with van der Waals surface area (Å²) in [7, 11) is -4.26. The third kappa shape index (κ3) is 13.1. The summed E-state index contributed by atoms with van der Waals surface area (Å²) in [4.78, 5) is 36.8. The van der Waals surface area contributed by atoms with Gasteiger partial charge < -0.3 is 26.4 Å². The van der Waals surface area contributed by atoms with Gasteiger partial charge in [-0.3, -0.25) is 14.4 Å². The minimum atomic E-state index is -4.26. The van der Waals surface area contributed by atoms with Crippen molar-refractivity contribution < 1.29 is 32.3 Å². The number of aliphatic carboxylic acids is 1. The average molecular weight is 657 g/mol. The second-order valence-corrected chi connectivity index (χ2v) is 12.4. The summed E-state index contributed by atoms with van der Waals surface area (Å²) in [6.45, 7) is 3.11. The van der Waals surface area contributed by atoms with Gasteiger partial charge in [0, 0.05) is 12.5 Å². The fourth-order valence-electron chi connectivity index (χ4n) is 5.26. The molecule has 42 heavy (non-hydrogen) atoms. The van der Waals surface area contributed by atoms with Crippen molar-refractivity contribution in [1.29, 1.82) is 0 Å². The first-order valence-electron chi connectivity index (χ1n) is 14.1. The Kier molecular flexibility index (Phi) is 17.4. The molecule has 2 fully saturated rings. The molecule has 0 radical (unpaired) electrons. The molecule has 0 aromatic heterocycles. The van der Waals surface area contributed by atoms with Crippen LogP contribution in [0.1, 0.15) is 51.4 Å². The maximum absolute atomic E-state index is 13.1. The fourth-order valence-corrected chi connectivity index (χ4v) is 6.45. The number of piperidine rings is 2. The zero-order chi connectivity index (χ0) is 29.0. The molecule has 0 spiro atoms. The number of nitrogens with one attached hydrogen (secondary N) is 5. The molecule has 2 aliphatic heterocycles. The molecule has 0 bridgehead atoms. The van der Waals surface area contributed by atoms with Gasteiger partial charge >= 0.3 is 5.97 Å². The van der Waals surface area contributed by atoms with Crippen molar-refractivity contribution in [2.75, 3.05) is 39.3 Å². The number of sulfonamides is 1. The summed E-state index contributed by atoms with van der Waals surface area (Å²) in [5.41, 5.74) is 0. The first-order valence-corrected chi connectivity index (χ1v) is 15.6. The zero-order valence-electron chi connectivity index (χ0n) is 23.6. The molecule has 0 saturated carbocycles. The Hall–Kier alpha value is -2.03. The molecular weight excluding hydrogens is 612 g/mol. The summed E-state index contributed by atoms with van der Waals surface area (Å²) in [6.07, 6.45) is 7.84. The molecule has 240 valence electrons. The van der Waals surface area contributed by atoms with Crippen LogP contribution in [0.3, 0.4) is 0 Å². The largest absolute Gasteiger partial charge is 0.480 e. The monoisotopic (exact) mass is 655 g/mol. The molecule has 1 aromatic carbocycles. The van der Waals surface area contributed by atoms with Crippen molar-refractivity contribution in [3.05, 3.63) is 30.1 Å². The summed E-state index contributed by atoms with van der Waals surface area (Å²) in [5.74, 6) is -1.97. The number of benzene rings is 1. The molecule has 3 rings (SSSR count). The Labute approximate surface area is 259 Å². The van der Waals surface area contributed by atoms with Crippen molar-refractivity contribution >= 4 is 52.6 Å². The van der Waals surface area contributed by atoms with Crippen LogP contribution in [0.4, 0.5) is 4.39 Å². The molecule has 2 amide bonds. The number of carbonyl (C=O) groups is 3. The highest BCUT2D eigenvalue weighted by Crippen LogP contribution is 2.26. The number of amides is 2. The van der Waals surface area contributed by atoms with Gasteiger partial charge in [0.1, 0.15) is 11.9 Å². The predicted molar refractivity (Wildman–Crippen MR) is 162 cm³/mol. The molecule has 2 heterocycles. The highest BCUT2D eigenvalue weighted by atomic mass is 35.5. The van der Waals surface area contributed by atoms with Gasteiger partial charge in [0.25, 0.3) is 0 Å². The van der Waals surface area contributed by atoms with E-state index < -0.39 is 40.3 Å². The van der Waals surface area contributed by atoms with E-state index in [9.17, 15) is 32.3 Å². The minimum absolute atomic E-state index is 0. The van der Waals surface area contributed by atoms with Gasteiger partial charge in [0.2, 0.25) is 21.8 Å². The van der Waals surface area contributed by atoms with E-state index >= 15 is 0 Å². The van der Waals surface area contributed by atoms with Crippen LogP contribution in [0, 0.1) is 23.6 Å². The zero-order valence-corrected chi connectivity index (χ0v) is 26.1. The number of carboxylic acid groups (broad SMARTS) is 1. The van der Waals surface area contributed by atoms with Gasteiger partial charge in [-0.25, -0.2) is 12.8 Å². The summed E-state index contributed by atoms with van der Waals surface area (Å²) < 4.78 is 40.1. The van der Waals surface area contributed by atoms with E-state index in [0.29, 0.717) is 11.8 Å². The lowest BCUT2D eigenvalue weighted by Gasteiger charge is -2.27. The van der Waals surface area contributed by atoms with Gasteiger partial charge in [0.05, 0.1) is 11.4 Å². The Bertz CT molecular complexity index is 1060. The molecule has 6 N–H and O–H groups in total. The highest BCUT2D eigenvalue weighted by Gasteiger charge is 2.27. The smallest absolute Gasteiger partial charge is 0.323 e. The number of hydrogen-bond acceptors (Lipinski definition) is 7. The van der Waals surface area contributed by atoms with Gasteiger partial charge in [-0.05, 0) is 114 Å². The molecular formula is C27H44Cl2FN5O6S. The number of carboxylic acids is 1. The van der Waals surface area contributed by atoms with Crippen molar-refractivity contribution in [2.45, 2.75) is 62.3 Å². The van der Waals surface area contributed by atoms with E-state index in [1.165, 1.54) is 0 Å². The van der Waals surface area contributed by atoms with Gasteiger partial charge in [0.15, 0.2) is 0 Å². The van der Waals surface area contributed by atoms with Crippen LogP contribution in [0.15, 0.2) is 29.2 Å². The molecule has 1 aromatic rings. The average Bonchev–Trinajstić information content (AvgIpc) is 2.95. The van der Waals surface area contributed by atoms with Crippen LogP contribution in [0.25, 0.3) is 0 Å². The van der Waals surface area contributed by atoms with Crippen LogP contribution in [0.5, 0.6) is 0 Å². The first-order chi connectivity index (χ1) is 19.1. The molecule has 11 nitrogen and oxygen atoms in total. The Morgan fingerprint density at radius 1 is 0.881 bits per heavy atom. The van der Waals surface area contributed by atoms with E-state index in [0.717, 1.165) is 102 Å². The summed E-state index contributed by atoms with van der Waals surface area (Å²) in [5, 5.41) is 21.2. The Morgan fingerprint density at radius 2 is 1.38 bits per heavy atom. The Balaban J connectivity index is 0.00000441. The van der Waals surface area contributed by atoms with Crippen LogP contribution in [0.2, 0.25) is 0 Å². The van der Waals surface area contributed by atoms with Crippen molar-refractivity contribution in [2.24, 2.45) is 17.8 Å². The first kappa shape index (κ1) is 38.0. The molecule has 1 unspecified atom stereocenters. The predicted octanol–water partition coefficient (Wildman–Crippen LogP) is 1.81. The topological polar surface area (TPSA) is 166 Å². The SMILES string of the molecule is Cl.Cl.O=C(CNC(=O)C(CCC1CCNCC1)CCC1CCNCC1)NCC(NS(=O)(=O)c1ccc(F)cc1)C(=O)O. The molecule has 2 saturated heterocycles. The van der Waals surface area contributed by atoms with E-state index in [-0.39, 0.29) is 48.1 Å². The lowest BCUT2D eigenvalue weighted by molar-refractivity contribution is -0.139. The lowest BCUT2D eigenvalue weighted by Crippen LogP contribution is -2.50. The van der Waals surface area contributed by atoms with Crippen molar-refractivity contribution in [1.82, 2.24) is 26.0 Å². The minimum Gasteiger partial charge on any atom is -0.480 e. The van der Waals surface area contributed by atoms with Crippen molar-refractivity contribution in [3.8, 4) is 0 Å². The number of rotatable bonds is 15. The molecule has 2 aliphatic rings. The van der Waals surface area contributed by atoms with Crippen LogP contribution in [-0.4, -0.2) is 76.6 Å². The van der Waals surface area contributed by atoms with Crippen LogP contribution >= 0.6 is 24.8 Å². The molecule has 1 atom stereocenters. The second-order valence-electron chi connectivity index (χ2n) is 10.7. The van der Waals surface area contributed by atoms with Crippen molar-refractivity contribution in [3.63, 3.8) is 0 Å². The number of carbonyl (C=O) groups excluding carboxylic acids is 2.